The summed E-state index contributed by atoms with van der Waals surface area (Å²) in [6.07, 6.45) is -0.129. The Bertz CT molecular complexity index is 826. The van der Waals surface area contributed by atoms with Gasteiger partial charge in [0.2, 0.25) is 5.91 Å². The van der Waals surface area contributed by atoms with Crippen molar-refractivity contribution in [3.63, 3.8) is 0 Å². The van der Waals surface area contributed by atoms with Gasteiger partial charge in [-0.2, -0.15) is 0 Å². The second-order valence-corrected chi connectivity index (χ2v) is 6.10. The van der Waals surface area contributed by atoms with E-state index in [0.29, 0.717) is 31.0 Å². The van der Waals surface area contributed by atoms with Crippen molar-refractivity contribution < 1.29 is 22.7 Å². The Labute approximate surface area is 147 Å². The molecule has 0 radical (unpaired) electrons. The SMILES string of the molecule is COc1nnc2n1CCN(C(=O)CC(N)Cc1cc(F)c(F)cc1F)C2. The van der Waals surface area contributed by atoms with E-state index in [4.69, 9.17) is 10.5 Å². The van der Waals surface area contributed by atoms with E-state index in [1.807, 2.05) is 0 Å². The maximum Gasteiger partial charge on any atom is 0.316 e. The van der Waals surface area contributed by atoms with Gasteiger partial charge in [-0.15, -0.1) is 5.10 Å². The highest BCUT2D eigenvalue weighted by Gasteiger charge is 2.26. The largest absolute Gasteiger partial charge is 0.467 e. The van der Waals surface area contributed by atoms with Gasteiger partial charge >= 0.3 is 6.01 Å². The van der Waals surface area contributed by atoms with Crippen LogP contribution < -0.4 is 10.5 Å². The zero-order valence-corrected chi connectivity index (χ0v) is 14.1. The topological polar surface area (TPSA) is 86.3 Å². The lowest BCUT2D eigenvalue weighted by atomic mass is 10.0. The number of nitrogens with zero attached hydrogens (tertiary/aromatic N) is 4. The number of hydrogen-bond donors (Lipinski definition) is 1. The van der Waals surface area contributed by atoms with Gasteiger partial charge in [0.1, 0.15) is 5.82 Å². The average Bonchev–Trinajstić information content (AvgIpc) is 3.01. The minimum absolute atomic E-state index is 0.0519. The van der Waals surface area contributed by atoms with Crippen molar-refractivity contribution in [1.29, 1.82) is 0 Å². The molecule has 0 spiro atoms. The van der Waals surface area contributed by atoms with Crippen molar-refractivity contribution in [3.05, 3.63) is 41.0 Å². The number of fused-ring (bicyclic) bond motifs is 1. The molecule has 2 aromatic rings. The fourth-order valence-electron chi connectivity index (χ4n) is 2.92. The van der Waals surface area contributed by atoms with Crippen LogP contribution in [0.4, 0.5) is 13.2 Å². The number of carbonyl (C=O) groups is 1. The average molecular weight is 369 g/mol. The summed E-state index contributed by atoms with van der Waals surface area (Å²) in [5, 5.41) is 7.84. The highest BCUT2D eigenvalue weighted by molar-refractivity contribution is 5.76. The van der Waals surface area contributed by atoms with Gasteiger partial charge in [-0.05, 0) is 18.1 Å². The van der Waals surface area contributed by atoms with Crippen LogP contribution >= 0.6 is 0 Å². The number of halogens is 3. The van der Waals surface area contributed by atoms with E-state index in [1.54, 1.807) is 9.47 Å². The molecule has 2 heterocycles. The summed E-state index contributed by atoms with van der Waals surface area (Å²) in [4.78, 5) is 14.0. The Hall–Kier alpha value is -2.62. The van der Waals surface area contributed by atoms with Crippen molar-refractivity contribution in [3.8, 4) is 6.01 Å². The van der Waals surface area contributed by atoms with Crippen LogP contribution in [0.1, 0.15) is 17.8 Å². The maximum absolute atomic E-state index is 13.7. The van der Waals surface area contributed by atoms with Crippen molar-refractivity contribution >= 4 is 5.91 Å². The third-order valence-electron chi connectivity index (χ3n) is 4.26. The lowest BCUT2D eigenvalue weighted by molar-refractivity contribution is -0.133. The standard InChI is InChI=1S/C16H18F3N5O2/c1-26-16-22-21-14-8-23(2-3-24(14)16)15(25)6-10(20)4-9-5-12(18)13(19)7-11(9)17/h5,7,10H,2-4,6,8,20H2,1H3. The minimum Gasteiger partial charge on any atom is -0.467 e. The van der Waals surface area contributed by atoms with Gasteiger partial charge in [-0.1, -0.05) is 5.10 Å². The van der Waals surface area contributed by atoms with E-state index in [9.17, 15) is 18.0 Å². The lowest BCUT2D eigenvalue weighted by Gasteiger charge is -2.28. The molecular formula is C16H18F3N5O2. The number of hydrogen-bond acceptors (Lipinski definition) is 5. The molecule has 3 rings (SSSR count). The van der Waals surface area contributed by atoms with Crippen molar-refractivity contribution in [2.75, 3.05) is 13.7 Å². The Morgan fingerprint density at radius 3 is 2.69 bits per heavy atom. The number of amides is 1. The monoisotopic (exact) mass is 369 g/mol. The van der Waals surface area contributed by atoms with Crippen molar-refractivity contribution in [1.82, 2.24) is 19.7 Å². The van der Waals surface area contributed by atoms with E-state index in [1.165, 1.54) is 7.11 Å². The van der Waals surface area contributed by atoms with Crippen LogP contribution in [0, 0.1) is 17.5 Å². The number of methoxy groups -OCH3 is 1. The summed E-state index contributed by atoms with van der Waals surface area (Å²) in [6, 6.07) is 0.906. The predicted octanol–water partition coefficient (Wildman–Crippen LogP) is 1.01. The number of aromatic nitrogens is 3. The van der Waals surface area contributed by atoms with Crippen LogP contribution in [-0.2, 0) is 24.3 Å². The van der Waals surface area contributed by atoms with E-state index in [2.05, 4.69) is 10.2 Å². The Balaban J connectivity index is 1.60. The molecule has 1 aromatic heterocycles. The molecule has 140 valence electrons. The Morgan fingerprint density at radius 1 is 1.23 bits per heavy atom. The fraction of sp³-hybridized carbons (Fsp3) is 0.438. The minimum atomic E-state index is -1.26. The second kappa shape index (κ2) is 7.32. The molecule has 0 saturated carbocycles. The summed E-state index contributed by atoms with van der Waals surface area (Å²) >= 11 is 0. The molecule has 2 N–H and O–H groups in total. The zero-order valence-electron chi connectivity index (χ0n) is 14.1. The highest BCUT2D eigenvalue weighted by atomic mass is 19.2. The highest BCUT2D eigenvalue weighted by Crippen LogP contribution is 2.19. The quantitative estimate of drug-likeness (QED) is 0.795. The summed E-state index contributed by atoms with van der Waals surface area (Å²) in [5.41, 5.74) is 5.84. The van der Waals surface area contributed by atoms with Gasteiger partial charge < -0.3 is 15.4 Å². The Kier molecular flexibility index (Phi) is 5.12. The zero-order chi connectivity index (χ0) is 18.8. The summed E-state index contributed by atoms with van der Waals surface area (Å²) < 4.78 is 46.8. The van der Waals surface area contributed by atoms with Crippen LogP contribution in [0.3, 0.4) is 0 Å². The van der Waals surface area contributed by atoms with Gasteiger partial charge in [0, 0.05) is 31.6 Å². The number of rotatable bonds is 5. The summed E-state index contributed by atoms with van der Waals surface area (Å²) in [7, 11) is 1.49. The molecule has 10 heteroatoms. The molecule has 0 saturated heterocycles. The molecule has 1 amide bonds. The molecule has 1 unspecified atom stereocenters. The number of nitrogens with two attached hydrogens (primary N) is 1. The molecule has 1 atom stereocenters. The first-order chi connectivity index (χ1) is 12.4. The molecule has 1 aliphatic rings. The van der Waals surface area contributed by atoms with Gasteiger partial charge in [0.25, 0.3) is 0 Å². The number of carbonyl (C=O) groups excluding carboxylic acids is 1. The summed E-state index contributed by atoms with van der Waals surface area (Å²) in [5.74, 6) is -2.92. The van der Waals surface area contributed by atoms with Crippen LogP contribution in [0.25, 0.3) is 0 Å². The fourth-order valence-corrected chi connectivity index (χ4v) is 2.92. The molecule has 0 aliphatic carbocycles. The van der Waals surface area contributed by atoms with Crippen molar-refractivity contribution in [2.24, 2.45) is 5.73 Å². The third kappa shape index (κ3) is 3.64. The van der Waals surface area contributed by atoms with E-state index < -0.39 is 23.5 Å². The molecule has 0 fully saturated rings. The first kappa shape index (κ1) is 18.2. The molecule has 26 heavy (non-hydrogen) atoms. The van der Waals surface area contributed by atoms with Gasteiger partial charge in [-0.3, -0.25) is 9.36 Å². The van der Waals surface area contributed by atoms with Crippen LogP contribution in [0.2, 0.25) is 0 Å². The molecule has 1 aromatic carbocycles. The van der Waals surface area contributed by atoms with Crippen LogP contribution in [0.15, 0.2) is 12.1 Å². The van der Waals surface area contributed by atoms with Crippen LogP contribution in [-0.4, -0.2) is 45.3 Å². The molecule has 0 bridgehead atoms. The smallest absolute Gasteiger partial charge is 0.316 e. The number of ether oxygens (including phenoxy) is 1. The first-order valence-corrected chi connectivity index (χ1v) is 8.02. The van der Waals surface area contributed by atoms with Crippen molar-refractivity contribution in [2.45, 2.75) is 32.0 Å². The van der Waals surface area contributed by atoms with Crippen LogP contribution in [0.5, 0.6) is 6.01 Å². The van der Waals surface area contributed by atoms with Gasteiger partial charge in [0.15, 0.2) is 17.5 Å². The molecule has 7 nitrogen and oxygen atoms in total. The normalized spacial score (nSPS) is 14.9. The number of benzene rings is 1. The van der Waals surface area contributed by atoms with E-state index in [0.717, 1.165) is 6.07 Å². The van der Waals surface area contributed by atoms with E-state index >= 15 is 0 Å². The lowest BCUT2D eigenvalue weighted by Crippen LogP contribution is -2.41. The maximum atomic E-state index is 13.7. The molecule has 1 aliphatic heterocycles. The predicted molar refractivity (Wildman–Crippen MR) is 84.6 cm³/mol. The van der Waals surface area contributed by atoms with Gasteiger partial charge in [0.05, 0.1) is 13.7 Å². The van der Waals surface area contributed by atoms with E-state index in [-0.39, 0.29) is 30.9 Å². The first-order valence-electron chi connectivity index (χ1n) is 8.02. The van der Waals surface area contributed by atoms with Gasteiger partial charge in [-0.25, -0.2) is 13.2 Å². The second-order valence-electron chi connectivity index (χ2n) is 6.10. The molecular weight excluding hydrogens is 351 g/mol. The third-order valence-corrected chi connectivity index (χ3v) is 4.26. The summed E-state index contributed by atoms with van der Waals surface area (Å²) in [6.45, 7) is 1.19. The Morgan fingerprint density at radius 2 is 1.96 bits per heavy atom.